The fourth-order valence-corrected chi connectivity index (χ4v) is 3.73. The van der Waals surface area contributed by atoms with Gasteiger partial charge in [-0.2, -0.15) is 0 Å². The van der Waals surface area contributed by atoms with E-state index in [4.69, 9.17) is 0 Å². The van der Waals surface area contributed by atoms with Crippen molar-refractivity contribution >= 4 is 44.5 Å². The summed E-state index contributed by atoms with van der Waals surface area (Å²) >= 11 is 3.50. The highest BCUT2D eigenvalue weighted by atomic mass is 79.9. The first-order valence-electron chi connectivity index (χ1n) is 7.03. The Balaban J connectivity index is 2.01. The van der Waals surface area contributed by atoms with Crippen LogP contribution in [0.5, 0.6) is 0 Å². The van der Waals surface area contributed by atoms with Gasteiger partial charge in [-0.25, -0.2) is 0 Å². The van der Waals surface area contributed by atoms with E-state index in [0.29, 0.717) is 17.0 Å². The number of halogens is 1. The SMILES string of the molecule is CN1C(=O)/C(=C2\Nc3ccccc3\C2=N/O)c2cccc(Br)c21. The first-order chi connectivity index (χ1) is 11.1. The summed E-state index contributed by atoms with van der Waals surface area (Å²) < 4.78 is 0.847. The number of carbonyl (C=O) groups is 1. The number of nitrogens with zero attached hydrogens (tertiary/aromatic N) is 2. The van der Waals surface area contributed by atoms with Crippen LogP contribution in [0.2, 0.25) is 0 Å². The van der Waals surface area contributed by atoms with Crippen LogP contribution in [0.1, 0.15) is 11.1 Å². The maximum Gasteiger partial charge on any atom is 0.260 e. The van der Waals surface area contributed by atoms with Gasteiger partial charge < -0.3 is 15.4 Å². The first-order valence-corrected chi connectivity index (χ1v) is 7.83. The molecule has 5 nitrogen and oxygen atoms in total. The minimum atomic E-state index is -0.136. The Bertz CT molecular complexity index is 918. The Labute approximate surface area is 141 Å². The molecule has 4 rings (SSSR count). The molecular weight excluding hydrogens is 358 g/mol. The number of nitrogens with one attached hydrogen (secondary N) is 1. The van der Waals surface area contributed by atoms with Gasteiger partial charge in [0.05, 0.1) is 17.0 Å². The molecule has 2 aliphatic heterocycles. The van der Waals surface area contributed by atoms with E-state index in [-0.39, 0.29) is 5.91 Å². The van der Waals surface area contributed by atoms with E-state index in [1.165, 1.54) is 0 Å². The number of hydrogen-bond donors (Lipinski definition) is 2. The highest BCUT2D eigenvalue weighted by Crippen LogP contribution is 2.44. The molecule has 23 heavy (non-hydrogen) atoms. The van der Waals surface area contributed by atoms with Crippen molar-refractivity contribution in [2.75, 3.05) is 17.3 Å². The number of oxime groups is 1. The molecule has 0 fully saturated rings. The lowest BCUT2D eigenvalue weighted by Gasteiger charge is -2.10. The summed E-state index contributed by atoms with van der Waals surface area (Å²) in [6.07, 6.45) is 0. The summed E-state index contributed by atoms with van der Waals surface area (Å²) in [5.74, 6) is -0.136. The molecule has 0 atom stereocenters. The number of anilines is 2. The number of likely N-dealkylation sites (N-methyl/N-ethyl adjacent to an activating group) is 1. The number of fused-ring (bicyclic) bond motifs is 2. The second kappa shape index (κ2) is 4.96. The van der Waals surface area contributed by atoms with Crippen LogP contribution in [0.3, 0.4) is 0 Å². The summed E-state index contributed by atoms with van der Waals surface area (Å²) in [5, 5.41) is 16.1. The van der Waals surface area contributed by atoms with Crippen LogP contribution in [0, 0.1) is 0 Å². The van der Waals surface area contributed by atoms with Crippen molar-refractivity contribution in [2.45, 2.75) is 0 Å². The van der Waals surface area contributed by atoms with Gasteiger partial charge in [0, 0.05) is 28.3 Å². The third-order valence-electron chi connectivity index (χ3n) is 4.14. The van der Waals surface area contributed by atoms with Gasteiger partial charge in [0.1, 0.15) is 5.71 Å². The second-order valence-corrected chi connectivity index (χ2v) is 6.22. The fourth-order valence-electron chi connectivity index (χ4n) is 3.10. The minimum Gasteiger partial charge on any atom is -0.410 e. The summed E-state index contributed by atoms with van der Waals surface area (Å²) in [6.45, 7) is 0. The molecule has 2 aromatic rings. The number of rotatable bonds is 0. The van der Waals surface area contributed by atoms with Crippen molar-refractivity contribution < 1.29 is 10.0 Å². The summed E-state index contributed by atoms with van der Waals surface area (Å²) in [6, 6.07) is 13.2. The molecule has 114 valence electrons. The zero-order valence-corrected chi connectivity index (χ0v) is 13.8. The van der Waals surface area contributed by atoms with Gasteiger partial charge in [-0.15, -0.1) is 0 Å². The van der Waals surface area contributed by atoms with Crippen molar-refractivity contribution in [1.82, 2.24) is 0 Å². The Morgan fingerprint density at radius 3 is 2.65 bits per heavy atom. The number of benzene rings is 2. The minimum absolute atomic E-state index is 0.136. The van der Waals surface area contributed by atoms with E-state index in [0.717, 1.165) is 27.0 Å². The number of hydrogen-bond acceptors (Lipinski definition) is 4. The van der Waals surface area contributed by atoms with Gasteiger partial charge in [-0.1, -0.05) is 35.5 Å². The topological polar surface area (TPSA) is 64.9 Å². The smallest absolute Gasteiger partial charge is 0.260 e. The maximum atomic E-state index is 12.8. The van der Waals surface area contributed by atoms with Gasteiger partial charge in [-0.3, -0.25) is 4.79 Å². The third kappa shape index (κ3) is 1.85. The molecule has 2 aromatic carbocycles. The van der Waals surface area contributed by atoms with Crippen molar-refractivity contribution in [1.29, 1.82) is 0 Å². The highest BCUT2D eigenvalue weighted by Gasteiger charge is 2.37. The molecule has 0 saturated carbocycles. The van der Waals surface area contributed by atoms with E-state index in [2.05, 4.69) is 26.4 Å². The van der Waals surface area contributed by atoms with Crippen molar-refractivity contribution in [3.05, 3.63) is 63.8 Å². The summed E-state index contributed by atoms with van der Waals surface area (Å²) in [5.41, 5.74) is 4.64. The van der Waals surface area contributed by atoms with Gasteiger partial charge >= 0.3 is 0 Å². The maximum absolute atomic E-state index is 12.8. The average Bonchev–Trinajstić information content (AvgIpc) is 3.04. The summed E-state index contributed by atoms with van der Waals surface area (Å²) in [7, 11) is 1.73. The van der Waals surface area contributed by atoms with Crippen LogP contribution >= 0.6 is 15.9 Å². The lowest BCUT2D eigenvalue weighted by Crippen LogP contribution is -2.22. The molecule has 0 aliphatic carbocycles. The first kappa shape index (κ1) is 14.0. The van der Waals surface area contributed by atoms with Gasteiger partial charge in [0.25, 0.3) is 5.91 Å². The molecule has 2 aliphatic rings. The Kier molecular flexibility index (Phi) is 3.02. The van der Waals surface area contributed by atoms with E-state index >= 15 is 0 Å². The standard InChI is InChI=1S/C17H12BrN3O2/c1-21-16-10(6-4-7-11(16)18)13(17(21)22)15-14(20-23)9-5-2-3-8-12(9)19-15/h2-8,19,23H,1H3/b15-13-,20-14+. The lowest BCUT2D eigenvalue weighted by molar-refractivity contribution is -0.112. The van der Waals surface area contributed by atoms with Crippen LogP contribution in [0.25, 0.3) is 5.57 Å². The van der Waals surface area contributed by atoms with Crippen molar-refractivity contribution in [3.63, 3.8) is 0 Å². The average molecular weight is 370 g/mol. The number of amides is 1. The Hall–Kier alpha value is -2.60. The second-order valence-electron chi connectivity index (χ2n) is 5.37. The predicted molar refractivity (Wildman–Crippen MR) is 92.9 cm³/mol. The largest absolute Gasteiger partial charge is 0.410 e. The highest BCUT2D eigenvalue weighted by molar-refractivity contribution is 9.10. The molecule has 0 aromatic heterocycles. The fraction of sp³-hybridized carbons (Fsp3) is 0.0588. The van der Waals surface area contributed by atoms with Gasteiger partial charge in [0.2, 0.25) is 0 Å². The quantitative estimate of drug-likeness (QED) is 0.424. The number of para-hydroxylation sites is 2. The van der Waals surface area contributed by atoms with Crippen molar-refractivity contribution in [2.24, 2.45) is 5.16 Å². The van der Waals surface area contributed by atoms with Crippen LogP contribution < -0.4 is 10.2 Å². The molecule has 6 heteroatoms. The Morgan fingerprint density at radius 2 is 1.87 bits per heavy atom. The Morgan fingerprint density at radius 1 is 1.13 bits per heavy atom. The molecule has 0 unspecified atom stereocenters. The van der Waals surface area contributed by atoms with E-state index in [1.54, 1.807) is 11.9 Å². The zero-order valence-electron chi connectivity index (χ0n) is 12.2. The molecule has 0 bridgehead atoms. The normalized spacial score (nSPS) is 20.7. The molecular formula is C17H12BrN3O2. The molecule has 0 spiro atoms. The van der Waals surface area contributed by atoms with E-state index < -0.39 is 0 Å². The van der Waals surface area contributed by atoms with Crippen LogP contribution in [-0.4, -0.2) is 23.9 Å². The van der Waals surface area contributed by atoms with Gasteiger partial charge in [-0.05, 0) is 28.1 Å². The lowest BCUT2D eigenvalue weighted by atomic mass is 10.0. The molecule has 2 heterocycles. The van der Waals surface area contributed by atoms with Crippen LogP contribution in [-0.2, 0) is 4.79 Å². The third-order valence-corrected chi connectivity index (χ3v) is 4.78. The molecule has 1 amide bonds. The van der Waals surface area contributed by atoms with Crippen LogP contribution in [0.15, 0.2) is 57.8 Å². The molecule has 0 saturated heterocycles. The van der Waals surface area contributed by atoms with Gasteiger partial charge in [0.15, 0.2) is 0 Å². The number of allylic oxidation sites excluding steroid dienone is 1. The van der Waals surface area contributed by atoms with E-state index in [9.17, 15) is 10.0 Å². The van der Waals surface area contributed by atoms with E-state index in [1.807, 2.05) is 42.5 Å². The number of carbonyl (C=O) groups excluding carboxylic acids is 1. The monoisotopic (exact) mass is 369 g/mol. The predicted octanol–water partition coefficient (Wildman–Crippen LogP) is 3.44. The van der Waals surface area contributed by atoms with Crippen molar-refractivity contribution in [3.8, 4) is 0 Å². The molecule has 0 radical (unpaired) electrons. The summed E-state index contributed by atoms with van der Waals surface area (Å²) in [4.78, 5) is 14.4. The molecule has 2 N–H and O–H groups in total. The zero-order chi connectivity index (χ0) is 16.1. The van der Waals surface area contributed by atoms with Crippen LogP contribution in [0.4, 0.5) is 11.4 Å².